The van der Waals surface area contributed by atoms with Crippen molar-refractivity contribution in [1.29, 1.82) is 0 Å². The molecule has 0 saturated heterocycles. The van der Waals surface area contributed by atoms with Crippen LogP contribution in [0.5, 0.6) is 0 Å². The van der Waals surface area contributed by atoms with E-state index in [2.05, 4.69) is 0 Å². The maximum atomic E-state index is 12.2. The Bertz CT molecular complexity index is 796. The van der Waals surface area contributed by atoms with Crippen molar-refractivity contribution < 1.29 is 28.6 Å². The molecule has 6 heteroatoms. The van der Waals surface area contributed by atoms with Crippen LogP contribution in [-0.2, 0) is 28.6 Å². The molecular formula is C23H30O6. The number of carbonyl (C=O) groups is 3. The molecule has 0 amide bonds. The van der Waals surface area contributed by atoms with Gasteiger partial charge in [-0.1, -0.05) is 17.7 Å². The maximum absolute atomic E-state index is 12.2. The first kappa shape index (κ1) is 22.7. The van der Waals surface area contributed by atoms with E-state index in [9.17, 15) is 14.4 Å². The summed E-state index contributed by atoms with van der Waals surface area (Å²) in [7, 11) is 1.38. The summed E-state index contributed by atoms with van der Waals surface area (Å²) in [6.07, 6.45) is 7.87. The van der Waals surface area contributed by atoms with E-state index in [4.69, 9.17) is 14.2 Å². The van der Waals surface area contributed by atoms with E-state index in [1.54, 1.807) is 6.92 Å². The zero-order chi connectivity index (χ0) is 21.6. The maximum Gasteiger partial charge on any atom is 0.334 e. The number of hydrogen-bond acceptors (Lipinski definition) is 6. The van der Waals surface area contributed by atoms with Gasteiger partial charge in [0.1, 0.15) is 12.2 Å². The topological polar surface area (TPSA) is 78.9 Å². The monoisotopic (exact) mass is 402 g/mol. The van der Waals surface area contributed by atoms with Crippen LogP contribution in [0.25, 0.3) is 0 Å². The highest BCUT2D eigenvalue weighted by atomic mass is 16.6. The van der Waals surface area contributed by atoms with E-state index in [-0.39, 0.29) is 17.9 Å². The number of carbonyl (C=O) groups excluding carboxylic acids is 3. The van der Waals surface area contributed by atoms with Crippen molar-refractivity contribution in [2.75, 3.05) is 7.11 Å². The number of ether oxygens (including phenoxy) is 3. The fraction of sp³-hybridized carbons (Fsp3) is 0.522. The highest BCUT2D eigenvalue weighted by Crippen LogP contribution is 2.31. The van der Waals surface area contributed by atoms with Crippen LogP contribution in [0.1, 0.15) is 59.8 Å². The number of rotatable bonds is 2. The molecule has 0 aromatic rings. The molecule has 0 radical (unpaired) electrons. The predicted octanol–water partition coefficient (Wildman–Crippen LogP) is 4.12. The lowest BCUT2D eigenvalue weighted by molar-refractivity contribution is -0.145. The van der Waals surface area contributed by atoms with E-state index in [1.807, 2.05) is 32.1 Å². The van der Waals surface area contributed by atoms with Gasteiger partial charge in [0.15, 0.2) is 0 Å². The van der Waals surface area contributed by atoms with E-state index in [0.717, 1.165) is 23.1 Å². The Morgan fingerprint density at radius 3 is 2.45 bits per heavy atom. The molecule has 0 bridgehead atoms. The van der Waals surface area contributed by atoms with Crippen molar-refractivity contribution in [3.05, 3.63) is 46.1 Å². The number of esters is 3. The summed E-state index contributed by atoms with van der Waals surface area (Å²) < 4.78 is 16.0. The van der Waals surface area contributed by atoms with Crippen LogP contribution in [0.4, 0.5) is 0 Å². The fourth-order valence-corrected chi connectivity index (χ4v) is 3.54. The Morgan fingerprint density at radius 1 is 1.10 bits per heavy atom. The van der Waals surface area contributed by atoms with E-state index in [1.165, 1.54) is 14.0 Å². The van der Waals surface area contributed by atoms with Gasteiger partial charge in [-0.25, -0.2) is 9.59 Å². The Kier molecular flexibility index (Phi) is 8.00. The minimum absolute atomic E-state index is 0.327. The van der Waals surface area contributed by atoms with Crippen molar-refractivity contribution in [1.82, 2.24) is 0 Å². The molecule has 2 aliphatic rings. The first-order valence-corrected chi connectivity index (χ1v) is 9.92. The van der Waals surface area contributed by atoms with Gasteiger partial charge in [-0.3, -0.25) is 4.79 Å². The van der Waals surface area contributed by atoms with Crippen LogP contribution >= 0.6 is 0 Å². The van der Waals surface area contributed by atoms with Crippen LogP contribution in [0.15, 0.2) is 46.1 Å². The molecule has 2 rings (SSSR count). The SMILES string of the molecule is COC(=O)/C1=C\CC/C(C)=C/[C@@H]2OC(=O)C(C)=C2C[C@@H](OC(C)=O)/C(C)=C/CC1. The lowest BCUT2D eigenvalue weighted by Gasteiger charge is -2.21. The standard InChI is InChI=1S/C23H30O6/c1-14-8-6-10-18(23(26)27-5)11-7-9-15(2)20(28-17(4)24)13-19-16(3)22(25)29-21(19)12-14/h9-10,12,20-21H,6-8,11,13H2,1-5H3/b14-12+,15-9+,18-10-/t20-,21+/m1/s1. The summed E-state index contributed by atoms with van der Waals surface area (Å²) in [6.45, 7) is 6.99. The number of methoxy groups -OCH3 is 1. The van der Waals surface area contributed by atoms with Crippen LogP contribution in [0.3, 0.4) is 0 Å². The van der Waals surface area contributed by atoms with Gasteiger partial charge < -0.3 is 14.2 Å². The predicted molar refractivity (Wildman–Crippen MR) is 109 cm³/mol. The number of allylic oxidation sites excluding steroid dienone is 3. The minimum atomic E-state index is -0.489. The molecule has 0 aromatic carbocycles. The molecule has 2 atom stereocenters. The summed E-state index contributed by atoms with van der Waals surface area (Å²) in [5, 5.41) is 0. The smallest absolute Gasteiger partial charge is 0.334 e. The molecule has 29 heavy (non-hydrogen) atoms. The molecule has 1 heterocycles. The molecule has 158 valence electrons. The summed E-state index contributed by atoms with van der Waals surface area (Å²) in [4.78, 5) is 35.9. The van der Waals surface area contributed by atoms with Gasteiger partial charge in [0, 0.05) is 24.5 Å². The third kappa shape index (κ3) is 6.17. The van der Waals surface area contributed by atoms with Crippen molar-refractivity contribution in [2.45, 2.75) is 72.0 Å². The second-order valence-electron chi connectivity index (χ2n) is 7.54. The number of fused-ring (bicyclic) bond motifs is 1. The highest BCUT2D eigenvalue weighted by Gasteiger charge is 2.32. The molecule has 0 fully saturated rings. The van der Waals surface area contributed by atoms with Gasteiger partial charge in [-0.15, -0.1) is 0 Å². The Balaban J connectivity index is 2.42. The largest absolute Gasteiger partial charge is 0.466 e. The molecule has 1 aliphatic carbocycles. The summed E-state index contributed by atoms with van der Waals surface area (Å²) >= 11 is 0. The second-order valence-corrected chi connectivity index (χ2v) is 7.54. The molecule has 0 N–H and O–H groups in total. The zero-order valence-corrected chi connectivity index (χ0v) is 17.9. The molecule has 0 unspecified atom stereocenters. The molecular weight excluding hydrogens is 372 g/mol. The third-order valence-electron chi connectivity index (χ3n) is 5.28. The first-order chi connectivity index (χ1) is 13.7. The highest BCUT2D eigenvalue weighted by molar-refractivity contribution is 5.92. The van der Waals surface area contributed by atoms with E-state index >= 15 is 0 Å². The molecule has 6 nitrogen and oxygen atoms in total. The quantitative estimate of drug-likeness (QED) is 0.393. The van der Waals surface area contributed by atoms with Crippen molar-refractivity contribution >= 4 is 17.9 Å². The summed E-state index contributed by atoms with van der Waals surface area (Å²) in [5.41, 5.74) is 3.98. The lowest BCUT2D eigenvalue weighted by atomic mass is 9.93. The molecule has 0 saturated carbocycles. The van der Waals surface area contributed by atoms with Gasteiger partial charge in [-0.2, -0.15) is 0 Å². The van der Waals surface area contributed by atoms with Crippen molar-refractivity contribution in [2.24, 2.45) is 0 Å². The summed E-state index contributed by atoms with van der Waals surface area (Å²) in [5.74, 6) is -1.05. The van der Waals surface area contributed by atoms with Crippen LogP contribution < -0.4 is 0 Å². The Morgan fingerprint density at radius 2 is 1.79 bits per heavy atom. The zero-order valence-electron chi connectivity index (χ0n) is 17.9. The second kappa shape index (κ2) is 10.2. The summed E-state index contributed by atoms with van der Waals surface area (Å²) in [6, 6.07) is 0. The lowest BCUT2D eigenvalue weighted by Crippen LogP contribution is -2.21. The van der Waals surface area contributed by atoms with Crippen LogP contribution in [0.2, 0.25) is 0 Å². The third-order valence-corrected chi connectivity index (χ3v) is 5.28. The van der Waals surface area contributed by atoms with E-state index < -0.39 is 12.2 Å². The van der Waals surface area contributed by atoms with E-state index in [0.29, 0.717) is 36.8 Å². The van der Waals surface area contributed by atoms with Gasteiger partial charge in [0.25, 0.3) is 0 Å². The van der Waals surface area contributed by atoms with Gasteiger partial charge in [0.2, 0.25) is 0 Å². The number of hydrogen-bond donors (Lipinski definition) is 0. The van der Waals surface area contributed by atoms with Gasteiger partial charge >= 0.3 is 17.9 Å². The van der Waals surface area contributed by atoms with Crippen molar-refractivity contribution in [3.8, 4) is 0 Å². The molecule has 0 aromatic heterocycles. The van der Waals surface area contributed by atoms with Crippen LogP contribution in [-0.4, -0.2) is 37.2 Å². The minimum Gasteiger partial charge on any atom is -0.466 e. The normalized spacial score (nSPS) is 29.1. The Labute approximate surface area is 172 Å². The first-order valence-electron chi connectivity index (χ1n) is 9.92. The fourth-order valence-electron chi connectivity index (χ4n) is 3.54. The molecule has 0 spiro atoms. The Hall–Kier alpha value is -2.63. The van der Waals surface area contributed by atoms with Crippen LogP contribution in [0, 0.1) is 0 Å². The van der Waals surface area contributed by atoms with Gasteiger partial charge in [0.05, 0.1) is 7.11 Å². The average Bonchev–Trinajstić information content (AvgIpc) is 2.91. The average molecular weight is 402 g/mol. The van der Waals surface area contributed by atoms with Gasteiger partial charge in [-0.05, 0) is 63.7 Å². The molecule has 1 aliphatic heterocycles. The van der Waals surface area contributed by atoms with Crippen molar-refractivity contribution in [3.63, 3.8) is 0 Å².